The van der Waals surface area contributed by atoms with Crippen LogP contribution in [0.3, 0.4) is 0 Å². The molecule has 3 rings (SSSR count). The largest absolute Gasteiger partial charge is 0.385 e. The van der Waals surface area contributed by atoms with Crippen LogP contribution in [0.1, 0.15) is 29.9 Å². The van der Waals surface area contributed by atoms with Gasteiger partial charge in [-0.1, -0.05) is 60.7 Å². The summed E-state index contributed by atoms with van der Waals surface area (Å²) in [5.41, 5.74) is 3.17. The number of hydrogen-bond donors (Lipinski definition) is 2. The molecule has 0 saturated heterocycles. The molecule has 0 bridgehead atoms. The fourth-order valence-electron chi connectivity index (χ4n) is 3.20. The quantitative estimate of drug-likeness (QED) is 0.494. The number of pyridine rings is 1. The van der Waals surface area contributed by atoms with Crippen molar-refractivity contribution < 1.29 is 9.53 Å². The molecule has 1 heterocycles. The number of benzene rings is 2. The van der Waals surface area contributed by atoms with Gasteiger partial charge in [0, 0.05) is 32.6 Å². The maximum absolute atomic E-state index is 12.7. The molecule has 2 N–H and O–H groups in total. The number of aromatic nitrogens is 1. The second-order valence-corrected chi connectivity index (χ2v) is 6.83. The van der Waals surface area contributed by atoms with Gasteiger partial charge in [0.1, 0.15) is 5.82 Å². The first-order valence-electron chi connectivity index (χ1n) is 9.85. The van der Waals surface area contributed by atoms with Crippen LogP contribution in [0, 0.1) is 0 Å². The summed E-state index contributed by atoms with van der Waals surface area (Å²) in [6.07, 6.45) is 3.01. The van der Waals surface area contributed by atoms with E-state index >= 15 is 0 Å². The van der Waals surface area contributed by atoms with Crippen molar-refractivity contribution in [2.45, 2.75) is 18.8 Å². The molecule has 150 valence electrons. The minimum atomic E-state index is -0.0593. The highest BCUT2D eigenvalue weighted by atomic mass is 16.5. The van der Waals surface area contributed by atoms with Crippen LogP contribution in [0.4, 0.5) is 11.5 Å². The third-order valence-corrected chi connectivity index (χ3v) is 4.68. The van der Waals surface area contributed by atoms with Crippen molar-refractivity contribution in [3.8, 4) is 0 Å². The average Bonchev–Trinajstić information content (AvgIpc) is 2.77. The number of nitrogens with one attached hydrogen (secondary N) is 2. The van der Waals surface area contributed by atoms with Crippen molar-refractivity contribution in [3.63, 3.8) is 0 Å². The Labute approximate surface area is 172 Å². The van der Waals surface area contributed by atoms with E-state index in [-0.39, 0.29) is 11.8 Å². The number of ether oxygens (including phenoxy) is 1. The number of nitrogens with zero attached hydrogens (tertiary/aromatic N) is 1. The van der Waals surface area contributed by atoms with E-state index in [9.17, 15) is 4.79 Å². The molecule has 0 atom stereocenters. The van der Waals surface area contributed by atoms with Gasteiger partial charge >= 0.3 is 0 Å². The van der Waals surface area contributed by atoms with Crippen LogP contribution in [0.25, 0.3) is 0 Å². The van der Waals surface area contributed by atoms with E-state index in [1.807, 2.05) is 48.5 Å². The van der Waals surface area contributed by atoms with Crippen LogP contribution in [0.15, 0.2) is 79.0 Å². The maximum Gasteiger partial charge on any atom is 0.226 e. The van der Waals surface area contributed by atoms with Gasteiger partial charge < -0.3 is 15.4 Å². The van der Waals surface area contributed by atoms with Gasteiger partial charge in [0.15, 0.2) is 0 Å². The molecular formula is C24H27N3O2. The van der Waals surface area contributed by atoms with Crippen LogP contribution < -0.4 is 10.6 Å². The Morgan fingerprint density at radius 3 is 2.17 bits per heavy atom. The Morgan fingerprint density at radius 2 is 1.62 bits per heavy atom. The minimum Gasteiger partial charge on any atom is -0.385 e. The Balaban J connectivity index is 1.62. The summed E-state index contributed by atoms with van der Waals surface area (Å²) in [6, 6.07) is 24.0. The molecule has 0 spiro atoms. The normalized spacial score (nSPS) is 10.7. The van der Waals surface area contributed by atoms with E-state index in [0.717, 1.165) is 36.4 Å². The third kappa shape index (κ3) is 6.43. The number of carbonyl (C=O) groups excluding carboxylic acids is 1. The van der Waals surface area contributed by atoms with E-state index in [1.54, 1.807) is 13.3 Å². The lowest BCUT2D eigenvalue weighted by Gasteiger charge is -2.18. The zero-order valence-corrected chi connectivity index (χ0v) is 16.7. The van der Waals surface area contributed by atoms with Gasteiger partial charge in [-0.3, -0.25) is 4.79 Å². The minimum absolute atomic E-state index is 0.000811. The third-order valence-electron chi connectivity index (χ3n) is 4.68. The molecule has 0 aliphatic rings. The van der Waals surface area contributed by atoms with E-state index in [0.29, 0.717) is 12.2 Å². The Morgan fingerprint density at radius 1 is 0.966 bits per heavy atom. The monoisotopic (exact) mass is 389 g/mol. The molecule has 29 heavy (non-hydrogen) atoms. The molecule has 0 aliphatic carbocycles. The van der Waals surface area contributed by atoms with Crippen molar-refractivity contribution >= 4 is 17.4 Å². The van der Waals surface area contributed by atoms with Crippen LogP contribution in [0.5, 0.6) is 0 Å². The zero-order valence-electron chi connectivity index (χ0n) is 16.7. The van der Waals surface area contributed by atoms with Gasteiger partial charge in [0.2, 0.25) is 5.91 Å². The van der Waals surface area contributed by atoms with Crippen molar-refractivity contribution in [3.05, 3.63) is 90.1 Å². The fraction of sp³-hybridized carbons (Fsp3) is 0.250. The second kappa shape index (κ2) is 11.0. The average molecular weight is 389 g/mol. The van der Waals surface area contributed by atoms with Gasteiger partial charge in [-0.15, -0.1) is 0 Å². The summed E-state index contributed by atoms with van der Waals surface area (Å²) in [5.74, 6) is 0.493. The van der Waals surface area contributed by atoms with Gasteiger partial charge in [0.05, 0.1) is 11.9 Å². The molecule has 3 aromatic rings. The molecule has 0 fully saturated rings. The molecule has 1 amide bonds. The first-order chi connectivity index (χ1) is 14.3. The Bertz CT molecular complexity index is 828. The summed E-state index contributed by atoms with van der Waals surface area (Å²) in [4.78, 5) is 17.1. The smallest absolute Gasteiger partial charge is 0.226 e. The van der Waals surface area contributed by atoms with Crippen LogP contribution >= 0.6 is 0 Å². The predicted octanol–water partition coefficient (Wildman–Crippen LogP) is 4.69. The highest BCUT2D eigenvalue weighted by Gasteiger charge is 2.18. The second-order valence-electron chi connectivity index (χ2n) is 6.83. The number of carbonyl (C=O) groups is 1. The maximum atomic E-state index is 12.7. The Hall–Kier alpha value is -3.18. The lowest BCUT2D eigenvalue weighted by Crippen LogP contribution is -2.17. The summed E-state index contributed by atoms with van der Waals surface area (Å²) >= 11 is 0. The number of amides is 1. The molecule has 5 nitrogen and oxygen atoms in total. The highest BCUT2D eigenvalue weighted by Crippen LogP contribution is 2.28. The molecule has 0 saturated carbocycles. The van der Waals surface area contributed by atoms with Crippen molar-refractivity contribution in [1.29, 1.82) is 0 Å². The Kier molecular flexibility index (Phi) is 7.78. The number of hydrogen-bond acceptors (Lipinski definition) is 4. The van der Waals surface area contributed by atoms with Gasteiger partial charge in [-0.25, -0.2) is 4.98 Å². The van der Waals surface area contributed by atoms with Gasteiger partial charge in [-0.05, 0) is 29.7 Å². The van der Waals surface area contributed by atoms with Crippen LogP contribution in [-0.4, -0.2) is 31.2 Å². The van der Waals surface area contributed by atoms with Crippen LogP contribution in [0.2, 0.25) is 0 Å². The SMILES string of the molecule is COCCCNc1ccc(NC(=O)CC(c2ccccc2)c2ccccc2)nc1. The highest BCUT2D eigenvalue weighted by molar-refractivity contribution is 5.90. The first-order valence-corrected chi connectivity index (χ1v) is 9.85. The van der Waals surface area contributed by atoms with E-state index in [1.165, 1.54) is 0 Å². The molecule has 0 aliphatic heterocycles. The van der Waals surface area contributed by atoms with E-state index in [4.69, 9.17) is 4.74 Å². The lowest BCUT2D eigenvalue weighted by atomic mass is 9.88. The van der Waals surface area contributed by atoms with E-state index in [2.05, 4.69) is 39.9 Å². The van der Waals surface area contributed by atoms with Crippen LogP contribution in [-0.2, 0) is 9.53 Å². The molecule has 5 heteroatoms. The standard InChI is InChI=1S/C24H27N3O2/c1-29-16-8-15-25-21-13-14-23(26-18-21)27-24(28)17-22(19-9-4-2-5-10-19)20-11-6-3-7-12-20/h2-7,9-14,18,22,25H,8,15-17H2,1H3,(H,26,27,28). The summed E-state index contributed by atoms with van der Waals surface area (Å²) in [5, 5.41) is 6.20. The predicted molar refractivity (Wildman–Crippen MR) is 117 cm³/mol. The molecule has 0 unspecified atom stereocenters. The van der Waals surface area contributed by atoms with Gasteiger partial charge in [-0.2, -0.15) is 0 Å². The summed E-state index contributed by atoms with van der Waals surface area (Å²) in [7, 11) is 1.69. The zero-order chi connectivity index (χ0) is 20.3. The molecule has 1 aromatic heterocycles. The fourth-order valence-corrected chi connectivity index (χ4v) is 3.20. The lowest BCUT2D eigenvalue weighted by molar-refractivity contribution is -0.116. The van der Waals surface area contributed by atoms with Crippen molar-refractivity contribution in [2.75, 3.05) is 30.9 Å². The van der Waals surface area contributed by atoms with Gasteiger partial charge in [0.25, 0.3) is 0 Å². The molecule has 0 radical (unpaired) electrons. The number of anilines is 2. The molecular weight excluding hydrogens is 362 g/mol. The van der Waals surface area contributed by atoms with Crippen molar-refractivity contribution in [1.82, 2.24) is 4.98 Å². The summed E-state index contributed by atoms with van der Waals surface area (Å²) in [6.45, 7) is 1.54. The topological polar surface area (TPSA) is 63.2 Å². The van der Waals surface area contributed by atoms with Crippen molar-refractivity contribution in [2.24, 2.45) is 0 Å². The van der Waals surface area contributed by atoms with E-state index < -0.39 is 0 Å². The summed E-state index contributed by atoms with van der Waals surface area (Å²) < 4.78 is 5.04. The first kappa shape index (κ1) is 20.6. The molecule has 2 aromatic carbocycles. The number of methoxy groups -OCH3 is 1. The number of rotatable bonds is 10.